The van der Waals surface area contributed by atoms with E-state index in [0.29, 0.717) is 0 Å². The Hall–Kier alpha value is -4.84. The van der Waals surface area contributed by atoms with E-state index in [-0.39, 0.29) is 11.2 Å². The van der Waals surface area contributed by atoms with Gasteiger partial charge in [0, 0.05) is 27.8 Å². The molecular formula is C42H38BNO3. The molecule has 0 saturated carbocycles. The molecule has 0 atom stereocenters. The Morgan fingerprint density at radius 3 is 1.81 bits per heavy atom. The summed E-state index contributed by atoms with van der Waals surface area (Å²) in [6.07, 6.45) is 8.78. The minimum absolute atomic E-state index is 0.385. The minimum atomic E-state index is -0.400. The Bertz CT molecular complexity index is 2120. The molecule has 1 aliphatic heterocycles. The summed E-state index contributed by atoms with van der Waals surface area (Å²) in [6.45, 7) is 8.35. The molecule has 1 fully saturated rings. The predicted octanol–water partition coefficient (Wildman–Crippen LogP) is 10.8. The number of hydrogen-bond donors (Lipinski definition) is 0. The molecule has 8 rings (SSSR count). The summed E-state index contributed by atoms with van der Waals surface area (Å²) < 4.78 is 18.9. The van der Waals surface area contributed by atoms with Gasteiger partial charge in [-0.25, -0.2) is 0 Å². The van der Waals surface area contributed by atoms with Crippen molar-refractivity contribution < 1.29 is 13.7 Å². The third-order valence-electron chi connectivity index (χ3n) is 10.0. The van der Waals surface area contributed by atoms with Crippen molar-refractivity contribution in [1.82, 2.24) is 0 Å². The molecule has 0 bridgehead atoms. The number of benzene rings is 5. The normalized spacial score (nSPS) is 16.9. The van der Waals surface area contributed by atoms with Crippen molar-refractivity contribution >= 4 is 57.2 Å². The number of rotatable bonds is 6. The molecule has 5 heteroatoms. The summed E-state index contributed by atoms with van der Waals surface area (Å²) in [4.78, 5) is 2.30. The van der Waals surface area contributed by atoms with E-state index in [2.05, 4.69) is 154 Å². The lowest BCUT2D eigenvalue weighted by Crippen LogP contribution is -2.41. The molecular weight excluding hydrogens is 577 g/mol. The lowest BCUT2D eigenvalue weighted by Gasteiger charge is -2.32. The average molecular weight is 616 g/mol. The highest BCUT2D eigenvalue weighted by Gasteiger charge is 2.51. The highest BCUT2D eigenvalue weighted by molar-refractivity contribution is 6.62. The van der Waals surface area contributed by atoms with Gasteiger partial charge < -0.3 is 18.6 Å². The molecule has 0 amide bonds. The number of para-hydroxylation sites is 1. The number of anilines is 3. The molecule has 4 nitrogen and oxygen atoms in total. The average Bonchev–Trinajstić information content (AvgIpc) is 3.58. The van der Waals surface area contributed by atoms with Crippen molar-refractivity contribution in [3.05, 3.63) is 139 Å². The first-order valence-corrected chi connectivity index (χ1v) is 16.5. The first-order valence-electron chi connectivity index (χ1n) is 16.5. The van der Waals surface area contributed by atoms with Crippen LogP contribution in [0.4, 0.5) is 17.1 Å². The maximum Gasteiger partial charge on any atom is 0.494 e. The molecule has 1 saturated heterocycles. The second kappa shape index (κ2) is 11.4. The molecule has 0 radical (unpaired) electrons. The van der Waals surface area contributed by atoms with E-state index >= 15 is 0 Å². The fourth-order valence-electron chi connectivity index (χ4n) is 6.58. The lowest BCUT2D eigenvalue weighted by molar-refractivity contribution is 0.00578. The van der Waals surface area contributed by atoms with E-state index in [0.717, 1.165) is 68.4 Å². The van der Waals surface area contributed by atoms with Crippen LogP contribution in [-0.2, 0) is 9.31 Å². The summed E-state index contributed by atoms with van der Waals surface area (Å²) in [7, 11) is -0.400. The molecule has 1 aliphatic carbocycles. The molecule has 2 heterocycles. The maximum atomic E-state index is 6.34. The molecule has 6 aromatic rings. The molecule has 1 aromatic heterocycles. The molecule has 232 valence electrons. The second-order valence-corrected chi connectivity index (χ2v) is 13.6. The van der Waals surface area contributed by atoms with E-state index in [9.17, 15) is 0 Å². The van der Waals surface area contributed by atoms with E-state index < -0.39 is 7.12 Å². The lowest BCUT2D eigenvalue weighted by atomic mass is 9.79. The third kappa shape index (κ3) is 5.40. The van der Waals surface area contributed by atoms with E-state index in [1.807, 2.05) is 12.1 Å². The summed E-state index contributed by atoms with van der Waals surface area (Å²) in [5, 5.41) is 2.28. The largest absolute Gasteiger partial charge is 0.494 e. The van der Waals surface area contributed by atoms with Gasteiger partial charge in [0.1, 0.15) is 11.2 Å². The number of furan rings is 1. The highest BCUT2D eigenvalue weighted by Crippen LogP contribution is 2.39. The first kappa shape index (κ1) is 29.6. The van der Waals surface area contributed by atoms with Crippen LogP contribution in [0.15, 0.2) is 138 Å². The van der Waals surface area contributed by atoms with Gasteiger partial charge in [-0.15, -0.1) is 0 Å². The zero-order chi connectivity index (χ0) is 32.2. The molecule has 47 heavy (non-hydrogen) atoms. The standard InChI is InChI=1S/C42H38BNO3/c1-41(2)42(3,4)47-43(46-41)33-19-25-36(26-20-33)44(34-21-14-30(15-22-34)29-10-6-5-7-11-29)35-23-16-31(17-24-35)32-18-27-38-37-12-8-9-13-39(37)45-40(38)28-32/h5-6,8-10,12-28H,7,11H2,1-4H3. The molecule has 0 spiro atoms. The number of allylic oxidation sites excluding steroid dienone is 4. The van der Waals surface area contributed by atoms with Crippen LogP contribution in [0.5, 0.6) is 0 Å². The van der Waals surface area contributed by atoms with Crippen molar-refractivity contribution in [3.8, 4) is 11.1 Å². The van der Waals surface area contributed by atoms with Crippen molar-refractivity contribution in [2.45, 2.75) is 51.7 Å². The van der Waals surface area contributed by atoms with Gasteiger partial charge in [-0.2, -0.15) is 0 Å². The monoisotopic (exact) mass is 615 g/mol. The Kier molecular flexibility index (Phi) is 7.20. The van der Waals surface area contributed by atoms with Crippen LogP contribution in [0.2, 0.25) is 0 Å². The Labute approximate surface area is 277 Å². The Morgan fingerprint density at radius 1 is 0.596 bits per heavy atom. The van der Waals surface area contributed by atoms with Crippen LogP contribution in [0.1, 0.15) is 46.1 Å². The van der Waals surface area contributed by atoms with Gasteiger partial charge in [-0.05, 0) is 123 Å². The molecule has 0 N–H and O–H groups in total. The second-order valence-electron chi connectivity index (χ2n) is 13.6. The van der Waals surface area contributed by atoms with Gasteiger partial charge in [-0.3, -0.25) is 0 Å². The number of hydrogen-bond acceptors (Lipinski definition) is 4. The first-order chi connectivity index (χ1) is 22.8. The Morgan fingerprint density at radius 2 is 1.17 bits per heavy atom. The smallest absolute Gasteiger partial charge is 0.456 e. The van der Waals surface area contributed by atoms with E-state index in [1.54, 1.807) is 0 Å². The quantitative estimate of drug-likeness (QED) is 0.175. The van der Waals surface area contributed by atoms with Gasteiger partial charge in [0.25, 0.3) is 0 Å². The van der Waals surface area contributed by atoms with Crippen molar-refractivity contribution in [2.75, 3.05) is 4.90 Å². The van der Waals surface area contributed by atoms with Gasteiger partial charge >= 0.3 is 7.12 Å². The molecule has 5 aromatic carbocycles. The zero-order valence-corrected chi connectivity index (χ0v) is 27.4. The summed E-state index contributed by atoms with van der Waals surface area (Å²) in [5.74, 6) is 0. The van der Waals surface area contributed by atoms with E-state index in [4.69, 9.17) is 13.7 Å². The molecule has 2 aliphatic rings. The van der Waals surface area contributed by atoms with Crippen molar-refractivity contribution in [2.24, 2.45) is 0 Å². The van der Waals surface area contributed by atoms with Crippen LogP contribution < -0.4 is 10.4 Å². The SMILES string of the molecule is CC1(C)OB(c2ccc(N(c3ccc(C4=CC=CCC4)cc3)c3ccc(-c4ccc5c(c4)oc4ccccc45)cc3)cc2)OC1(C)C. The fourth-order valence-corrected chi connectivity index (χ4v) is 6.58. The highest BCUT2D eigenvalue weighted by atomic mass is 16.7. The summed E-state index contributed by atoms with van der Waals surface area (Å²) in [6, 6.07) is 41.0. The topological polar surface area (TPSA) is 34.8 Å². The predicted molar refractivity (Wildman–Crippen MR) is 196 cm³/mol. The maximum absolute atomic E-state index is 6.34. The number of fused-ring (bicyclic) bond motifs is 3. The van der Waals surface area contributed by atoms with Crippen LogP contribution in [0.25, 0.3) is 38.6 Å². The van der Waals surface area contributed by atoms with Crippen molar-refractivity contribution in [3.63, 3.8) is 0 Å². The minimum Gasteiger partial charge on any atom is -0.456 e. The zero-order valence-electron chi connectivity index (χ0n) is 27.4. The summed E-state index contributed by atoms with van der Waals surface area (Å²) >= 11 is 0. The van der Waals surface area contributed by atoms with Crippen LogP contribution in [0, 0.1) is 0 Å². The molecule has 0 unspecified atom stereocenters. The third-order valence-corrected chi connectivity index (χ3v) is 10.0. The number of nitrogens with zero attached hydrogens (tertiary/aromatic N) is 1. The van der Waals surface area contributed by atoms with Crippen LogP contribution >= 0.6 is 0 Å². The van der Waals surface area contributed by atoms with E-state index in [1.165, 1.54) is 11.1 Å². The fraction of sp³-hybridized carbons (Fsp3) is 0.190. The summed E-state index contributed by atoms with van der Waals surface area (Å²) in [5.41, 5.74) is 10.2. The van der Waals surface area contributed by atoms with Gasteiger partial charge in [0.15, 0.2) is 0 Å². The van der Waals surface area contributed by atoms with Gasteiger partial charge in [0.05, 0.1) is 11.2 Å². The van der Waals surface area contributed by atoms with Crippen molar-refractivity contribution in [1.29, 1.82) is 0 Å². The van der Waals surface area contributed by atoms with Crippen LogP contribution in [0.3, 0.4) is 0 Å². The Balaban J connectivity index is 1.13. The van der Waals surface area contributed by atoms with Crippen LogP contribution in [-0.4, -0.2) is 18.3 Å². The van der Waals surface area contributed by atoms with Gasteiger partial charge in [-0.1, -0.05) is 78.9 Å². The van der Waals surface area contributed by atoms with Gasteiger partial charge in [0.2, 0.25) is 0 Å².